The highest BCUT2D eigenvalue weighted by Gasteiger charge is 2.32. The SMILES string of the molecule is NC(=O)c1ccc(Cl)nc1N1CCCC(F)(F)CC1. The molecule has 1 aromatic rings. The van der Waals surface area contributed by atoms with Crippen molar-refractivity contribution in [3.8, 4) is 0 Å². The van der Waals surface area contributed by atoms with Crippen LogP contribution in [0, 0.1) is 0 Å². The summed E-state index contributed by atoms with van der Waals surface area (Å²) in [7, 11) is 0. The first-order valence-corrected chi connectivity index (χ1v) is 6.36. The molecule has 2 heterocycles. The Hall–Kier alpha value is -1.43. The van der Waals surface area contributed by atoms with Gasteiger partial charge in [0.15, 0.2) is 0 Å². The van der Waals surface area contributed by atoms with E-state index in [1.54, 1.807) is 4.90 Å². The molecular formula is C12H14ClF2N3O. The number of carbonyl (C=O) groups is 1. The fourth-order valence-electron chi connectivity index (χ4n) is 2.13. The number of anilines is 1. The predicted molar refractivity (Wildman–Crippen MR) is 68.8 cm³/mol. The molecule has 4 nitrogen and oxygen atoms in total. The van der Waals surface area contributed by atoms with Crippen molar-refractivity contribution in [2.24, 2.45) is 5.73 Å². The standard InChI is InChI=1S/C12H14ClF2N3O/c13-9-3-2-8(10(16)19)11(17-9)18-6-1-4-12(14,15)5-7-18/h2-3H,1,4-7H2,(H2,16,19). The highest BCUT2D eigenvalue weighted by Crippen LogP contribution is 2.30. The number of carbonyl (C=O) groups excluding carboxylic acids is 1. The average molecular weight is 290 g/mol. The Labute approximate surface area is 114 Å². The minimum Gasteiger partial charge on any atom is -0.365 e. The van der Waals surface area contributed by atoms with E-state index in [0.29, 0.717) is 13.0 Å². The number of alkyl halides is 2. The lowest BCUT2D eigenvalue weighted by Crippen LogP contribution is -2.29. The lowest BCUT2D eigenvalue weighted by atomic mass is 10.1. The first-order valence-electron chi connectivity index (χ1n) is 5.98. The van der Waals surface area contributed by atoms with Crippen molar-refractivity contribution in [2.45, 2.75) is 25.2 Å². The summed E-state index contributed by atoms with van der Waals surface area (Å²) in [6.45, 7) is 0.532. The van der Waals surface area contributed by atoms with Crippen LogP contribution in [0.5, 0.6) is 0 Å². The van der Waals surface area contributed by atoms with Gasteiger partial charge >= 0.3 is 0 Å². The predicted octanol–water partition coefficient (Wildman–Crippen LogP) is 2.46. The monoisotopic (exact) mass is 289 g/mol. The first kappa shape index (κ1) is 14.0. The van der Waals surface area contributed by atoms with E-state index >= 15 is 0 Å². The maximum absolute atomic E-state index is 13.3. The minimum absolute atomic E-state index is 0.126. The molecule has 0 unspecified atom stereocenters. The van der Waals surface area contributed by atoms with E-state index in [4.69, 9.17) is 17.3 Å². The number of nitrogens with zero attached hydrogens (tertiary/aromatic N) is 2. The fourth-order valence-corrected chi connectivity index (χ4v) is 2.28. The molecule has 1 aliphatic rings. The molecule has 0 atom stereocenters. The van der Waals surface area contributed by atoms with Crippen LogP contribution in [0.1, 0.15) is 29.6 Å². The van der Waals surface area contributed by atoms with Gasteiger partial charge in [-0.15, -0.1) is 0 Å². The van der Waals surface area contributed by atoms with Crippen LogP contribution in [0.3, 0.4) is 0 Å². The molecule has 2 N–H and O–H groups in total. The highest BCUT2D eigenvalue weighted by atomic mass is 35.5. The van der Waals surface area contributed by atoms with Gasteiger partial charge in [-0.2, -0.15) is 0 Å². The Morgan fingerprint density at radius 1 is 1.37 bits per heavy atom. The second-order valence-electron chi connectivity index (χ2n) is 4.57. The molecule has 1 fully saturated rings. The zero-order valence-electron chi connectivity index (χ0n) is 10.2. The van der Waals surface area contributed by atoms with Crippen LogP contribution in [-0.4, -0.2) is 29.9 Å². The lowest BCUT2D eigenvalue weighted by Gasteiger charge is -2.23. The molecule has 1 aliphatic heterocycles. The summed E-state index contributed by atoms with van der Waals surface area (Å²) >= 11 is 5.80. The smallest absolute Gasteiger partial charge is 0.252 e. The van der Waals surface area contributed by atoms with Crippen LogP contribution in [0.25, 0.3) is 0 Å². The lowest BCUT2D eigenvalue weighted by molar-refractivity contribution is -0.0102. The second kappa shape index (κ2) is 5.28. The number of hydrogen-bond donors (Lipinski definition) is 1. The third-order valence-electron chi connectivity index (χ3n) is 3.12. The van der Waals surface area contributed by atoms with Gasteiger partial charge in [0.1, 0.15) is 11.0 Å². The maximum atomic E-state index is 13.3. The Kier molecular flexibility index (Phi) is 3.89. The zero-order chi connectivity index (χ0) is 14.0. The third kappa shape index (κ3) is 3.32. The van der Waals surface area contributed by atoms with E-state index in [0.717, 1.165) is 0 Å². The number of aromatic nitrogens is 1. The van der Waals surface area contributed by atoms with Crippen molar-refractivity contribution in [3.63, 3.8) is 0 Å². The van der Waals surface area contributed by atoms with Crippen LogP contribution >= 0.6 is 11.6 Å². The maximum Gasteiger partial charge on any atom is 0.252 e. The van der Waals surface area contributed by atoms with Crippen LogP contribution < -0.4 is 10.6 Å². The van der Waals surface area contributed by atoms with Crippen molar-refractivity contribution in [1.29, 1.82) is 0 Å². The molecule has 0 aliphatic carbocycles. The van der Waals surface area contributed by atoms with Gasteiger partial charge in [0.05, 0.1) is 5.56 Å². The molecule has 7 heteroatoms. The third-order valence-corrected chi connectivity index (χ3v) is 3.33. The van der Waals surface area contributed by atoms with Crippen LogP contribution in [0.2, 0.25) is 5.15 Å². The van der Waals surface area contributed by atoms with E-state index in [1.807, 2.05) is 0 Å². The molecule has 0 radical (unpaired) electrons. The molecule has 0 spiro atoms. The normalized spacial score (nSPS) is 19.0. The van der Waals surface area contributed by atoms with Gasteiger partial charge in [0, 0.05) is 25.9 Å². The Morgan fingerprint density at radius 2 is 2.11 bits per heavy atom. The van der Waals surface area contributed by atoms with E-state index < -0.39 is 11.8 Å². The number of nitrogens with two attached hydrogens (primary N) is 1. The summed E-state index contributed by atoms with van der Waals surface area (Å²) in [6.07, 6.45) is -0.0885. The molecule has 0 aromatic carbocycles. The van der Waals surface area contributed by atoms with Crippen molar-refractivity contribution in [2.75, 3.05) is 18.0 Å². The van der Waals surface area contributed by atoms with Gasteiger partial charge < -0.3 is 10.6 Å². The van der Waals surface area contributed by atoms with Crippen LogP contribution in [0.15, 0.2) is 12.1 Å². The second-order valence-corrected chi connectivity index (χ2v) is 4.95. The average Bonchev–Trinajstić information content (AvgIpc) is 2.49. The number of pyridine rings is 1. The largest absolute Gasteiger partial charge is 0.365 e. The molecule has 104 valence electrons. The number of amides is 1. The molecule has 2 rings (SSSR count). The molecule has 1 saturated heterocycles. The van der Waals surface area contributed by atoms with E-state index in [-0.39, 0.29) is 35.9 Å². The summed E-state index contributed by atoms with van der Waals surface area (Å²) < 4.78 is 26.7. The fraction of sp³-hybridized carbons (Fsp3) is 0.500. The summed E-state index contributed by atoms with van der Waals surface area (Å²) in [6, 6.07) is 2.92. The quantitative estimate of drug-likeness (QED) is 0.851. The minimum atomic E-state index is -2.67. The van der Waals surface area contributed by atoms with E-state index in [9.17, 15) is 13.6 Å². The molecule has 0 saturated carbocycles. The van der Waals surface area contributed by atoms with Crippen LogP contribution in [-0.2, 0) is 0 Å². The number of hydrogen-bond acceptors (Lipinski definition) is 3. The molecule has 1 amide bonds. The van der Waals surface area contributed by atoms with Gasteiger partial charge in [-0.3, -0.25) is 4.79 Å². The summed E-state index contributed by atoms with van der Waals surface area (Å²) in [4.78, 5) is 17.1. The molecular weight excluding hydrogens is 276 g/mol. The van der Waals surface area contributed by atoms with Crippen molar-refractivity contribution >= 4 is 23.3 Å². The molecule has 1 aromatic heterocycles. The van der Waals surface area contributed by atoms with Gasteiger partial charge in [0.2, 0.25) is 5.92 Å². The Balaban J connectivity index is 2.30. The summed E-state index contributed by atoms with van der Waals surface area (Å²) in [5.41, 5.74) is 5.47. The summed E-state index contributed by atoms with van der Waals surface area (Å²) in [5, 5.41) is 0.205. The van der Waals surface area contributed by atoms with E-state index in [1.165, 1.54) is 12.1 Å². The highest BCUT2D eigenvalue weighted by molar-refractivity contribution is 6.29. The van der Waals surface area contributed by atoms with Gasteiger partial charge in [-0.25, -0.2) is 13.8 Å². The van der Waals surface area contributed by atoms with Crippen molar-refractivity contribution in [3.05, 3.63) is 22.8 Å². The molecule has 19 heavy (non-hydrogen) atoms. The van der Waals surface area contributed by atoms with Gasteiger partial charge in [0.25, 0.3) is 5.91 Å². The Bertz CT molecular complexity index is 496. The topological polar surface area (TPSA) is 59.2 Å². The summed E-state index contributed by atoms with van der Waals surface area (Å²) in [5.74, 6) is -3.02. The number of halogens is 3. The van der Waals surface area contributed by atoms with Gasteiger partial charge in [-0.05, 0) is 18.6 Å². The Morgan fingerprint density at radius 3 is 2.79 bits per heavy atom. The van der Waals surface area contributed by atoms with Gasteiger partial charge in [-0.1, -0.05) is 11.6 Å². The van der Waals surface area contributed by atoms with Crippen molar-refractivity contribution < 1.29 is 13.6 Å². The van der Waals surface area contributed by atoms with E-state index in [2.05, 4.69) is 4.98 Å². The number of primary amides is 1. The zero-order valence-corrected chi connectivity index (χ0v) is 11.0. The first-order chi connectivity index (χ1) is 8.89. The number of rotatable bonds is 2. The van der Waals surface area contributed by atoms with Crippen molar-refractivity contribution in [1.82, 2.24) is 4.98 Å². The molecule has 0 bridgehead atoms. The van der Waals surface area contributed by atoms with Crippen LogP contribution in [0.4, 0.5) is 14.6 Å².